The van der Waals surface area contributed by atoms with Crippen molar-refractivity contribution >= 4 is 17.6 Å². The Hall–Kier alpha value is -2.28. The lowest BCUT2D eigenvalue weighted by Crippen LogP contribution is -2.37. The van der Waals surface area contributed by atoms with E-state index in [1.807, 2.05) is 0 Å². The number of hydrogen-bond donors (Lipinski definition) is 3. The molecule has 110 valence electrons. The van der Waals surface area contributed by atoms with Crippen LogP contribution in [-0.2, 0) is 14.3 Å². The smallest absolute Gasteiger partial charge is 0.336 e. The Morgan fingerprint density at radius 3 is 2.85 bits per heavy atom. The topological polar surface area (TPSA) is 111 Å². The molecule has 0 aliphatic rings. The van der Waals surface area contributed by atoms with Crippen LogP contribution in [0.15, 0.2) is 24.3 Å². The van der Waals surface area contributed by atoms with Crippen molar-refractivity contribution < 1.29 is 24.2 Å². The minimum Gasteiger partial charge on any atom is -0.493 e. The largest absolute Gasteiger partial charge is 0.493 e. The van der Waals surface area contributed by atoms with Crippen molar-refractivity contribution in [3.05, 3.63) is 24.3 Å². The molecule has 7 nitrogen and oxygen atoms in total. The number of esters is 1. The van der Waals surface area contributed by atoms with Gasteiger partial charge in [-0.1, -0.05) is 6.07 Å². The number of amides is 1. The van der Waals surface area contributed by atoms with Crippen molar-refractivity contribution in [3.63, 3.8) is 0 Å². The van der Waals surface area contributed by atoms with E-state index in [4.69, 9.17) is 10.5 Å². The molecule has 1 rings (SSSR count). The van der Waals surface area contributed by atoms with Crippen molar-refractivity contribution in [2.45, 2.75) is 12.5 Å². The molecular weight excluding hydrogens is 264 g/mol. The molecule has 0 fully saturated rings. The lowest BCUT2D eigenvalue weighted by molar-refractivity contribution is -0.150. The van der Waals surface area contributed by atoms with Gasteiger partial charge in [0.15, 0.2) is 6.10 Å². The summed E-state index contributed by atoms with van der Waals surface area (Å²) in [5.41, 5.74) is 6.16. The summed E-state index contributed by atoms with van der Waals surface area (Å²) in [6.07, 6.45) is -1.26. The Morgan fingerprint density at radius 1 is 1.45 bits per heavy atom. The quantitative estimate of drug-likeness (QED) is 0.467. The van der Waals surface area contributed by atoms with E-state index in [1.165, 1.54) is 0 Å². The summed E-state index contributed by atoms with van der Waals surface area (Å²) in [4.78, 5) is 22.3. The highest BCUT2D eigenvalue weighted by Crippen LogP contribution is 2.14. The number of anilines is 1. The SMILES string of the molecule is COC(=O)C(O)CNC(=O)CCOc1cccc(N)c1. The number of rotatable bonds is 7. The fourth-order valence-electron chi connectivity index (χ4n) is 1.38. The Kier molecular flexibility index (Phi) is 6.31. The molecule has 0 saturated heterocycles. The Labute approximate surface area is 116 Å². The van der Waals surface area contributed by atoms with E-state index in [0.717, 1.165) is 7.11 Å². The molecule has 0 aromatic heterocycles. The molecule has 4 N–H and O–H groups in total. The third-order valence-electron chi connectivity index (χ3n) is 2.42. The Morgan fingerprint density at radius 2 is 2.20 bits per heavy atom. The summed E-state index contributed by atoms with van der Waals surface area (Å²) < 4.78 is 9.66. The van der Waals surface area contributed by atoms with E-state index in [-0.39, 0.29) is 25.5 Å². The number of carbonyl (C=O) groups is 2. The molecule has 0 saturated carbocycles. The molecule has 1 aromatic rings. The number of carbonyl (C=O) groups excluding carboxylic acids is 2. The number of methoxy groups -OCH3 is 1. The monoisotopic (exact) mass is 282 g/mol. The standard InChI is InChI=1S/C13H18N2O5/c1-19-13(18)11(16)8-15-12(17)5-6-20-10-4-2-3-9(14)7-10/h2-4,7,11,16H,5-6,8,14H2,1H3,(H,15,17). The zero-order chi connectivity index (χ0) is 15.0. The summed E-state index contributed by atoms with van der Waals surface area (Å²) in [5, 5.41) is 11.7. The second kappa shape index (κ2) is 8.00. The maximum absolute atomic E-state index is 11.4. The van der Waals surface area contributed by atoms with Crippen LogP contribution in [0.25, 0.3) is 0 Å². The van der Waals surface area contributed by atoms with E-state index in [2.05, 4.69) is 10.1 Å². The molecule has 20 heavy (non-hydrogen) atoms. The average molecular weight is 282 g/mol. The minimum absolute atomic E-state index is 0.0999. The van der Waals surface area contributed by atoms with Crippen LogP contribution in [0.1, 0.15) is 6.42 Å². The third-order valence-corrected chi connectivity index (χ3v) is 2.42. The first-order valence-electron chi connectivity index (χ1n) is 6.04. The van der Waals surface area contributed by atoms with Gasteiger partial charge in [-0.25, -0.2) is 4.79 Å². The van der Waals surface area contributed by atoms with Gasteiger partial charge in [0, 0.05) is 11.8 Å². The third kappa shape index (κ3) is 5.57. The Bertz CT molecular complexity index is 464. The number of hydrogen-bond acceptors (Lipinski definition) is 6. The van der Waals surface area contributed by atoms with Gasteiger partial charge in [0.2, 0.25) is 5.91 Å². The molecule has 1 aromatic carbocycles. The van der Waals surface area contributed by atoms with Gasteiger partial charge in [-0.05, 0) is 12.1 Å². The maximum Gasteiger partial charge on any atom is 0.336 e. The van der Waals surface area contributed by atoms with Gasteiger partial charge < -0.3 is 25.6 Å². The summed E-state index contributed by atoms with van der Waals surface area (Å²) in [6, 6.07) is 6.86. The van der Waals surface area contributed by atoms with Crippen LogP contribution in [0.5, 0.6) is 5.75 Å². The molecule has 0 bridgehead atoms. The zero-order valence-electron chi connectivity index (χ0n) is 11.2. The van der Waals surface area contributed by atoms with Gasteiger partial charge in [0.05, 0.1) is 26.7 Å². The van der Waals surface area contributed by atoms with Gasteiger partial charge in [0.25, 0.3) is 0 Å². The number of aliphatic hydroxyl groups is 1. The molecule has 1 atom stereocenters. The maximum atomic E-state index is 11.4. The average Bonchev–Trinajstić information content (AvgIpc) is 2.44. The highest BCUT2D eigenvalue weighted by atomic mass is 16.5. The minimum atomic E-state index is -1.36. The van der Waals surface area contributed by atoms with E-state index >= 15 is 0 Å². The van der Waals surface area contributed by atoms with Crippen LogP contribution in [-0.4, -0.2) is 43.3 Å². The van der Waals surface area contributed by atoms with E-state index in [9.17, 15) is 14.7 Å². The van der Waals surface area contributed by atoms with Gasteiger partial charge in [-0.15, -0.1) is 0 Å². The Balaban J connectivity index is 2.22. The van der Waals surface area contributed by atoms with Gasteiger partial charge >= 0.3 is 5.97 Å². The van der Waals surface area contributed by atoms with Crippen LogP contribution >= 0.6 is 0 Å². The fraction of sp³-hybridized carbons (Fsp3) is 0.385. The molecule has 0 radical (unpaired) electrons. The van der Waals surface area contributed by atoms with Gasteiger partial charge in [-0.3, -0.25) is 4.79 Å². The van der Waals surface area contributed by atoms with Crippen LogP contribution in [0, 0.1) is 0 Å². The molecule has 0 spiro atoms. The molecule has 0 heterocycles. The van der Waals surface area contributed by atoms with Crippen molar-refractivity contribution in [3.8, 4) is 5.75 Å². The summed E-state index contributed by atoms with van der Waals surface area (Å²) in [7, 11) is 1.16. The highest BCUT2D eigenvalue weighted by molar-refractivity contribution is 5.78. The second-order valence-corrected chi connectivity index (χ2v) is 4.01. The highest BCUT2D eigenvalue weighted by Gasteiger charge is 2.15. The first-order valence-corrected chi connectivity index (χ1v) is 6.04. The van der Waals surface area contributed by atoms with E-state index in [0.29, 0.717) is 11.4 Å². The predicted molar refractivity (Wildman–Crippen MR) is 72.0 cm³/mol. The summed E-state index contributed by atoms with van der Waals surface area (Å²) in [6.45, 7) is -0.0204. The number of nitrogens with two attached hydrogens (primary N) is 1. The van der Waals surface area contributed by atoms with Crippen LogP contribution in [0.2, 0.25) is 0 Å². The molecule has 0 aliphatic carbocycles. The lowest BCUT2D eigenvalue weighted by Gasteiger charge is -2.10. The lowest BCUT2D eigenvalue weighted by atomic mass is 10.3. The number of nitrogens with one attached hydrogen (secondary N) is 1. The predicted octanol–water partition coefficient (Wildman–Crippen LogP) is -0.312. The van der Waals surface area contributed by atoms with Gasteiger partial charge in [0.1, 0.15) is 5.75 Å². The van der Waals surface area contributed by atoms with Crippen LogP contribution < -0.4 is 15.8 Å². The first-order chi connectivity index (χ1) is 9.52. The number of nitrogen functional groups attached to an aromatic ring is 1. The van der Waals surface area contributed by atoms with Crippen LogP contribution in [0.3, 0.4) is 0 Å². The zero-order valence-corrected chi connectivity index (χ0v) is 11.2. The van der Waals surface area contributed by atoms with Crippen molar-refractivity contribution in [1.82, 2.24) is 5.32 Å². The fourth-order valence-corrected chi connectivity index (χ4v) is 1.38. The number of ether oxygens (including phenoxy) is 2. The molecular formula is C13H18N2O5. The van der Waals surface area contributed by atoms with Crippen molar-refractivity contribution in [1.29, 1.82) is 0 Å². The van der Waals surface area contributed by atoms with Crippen LogP contribution in [0.4, 0.5) is 5.69 Å². The van der Waals surface area contributed by atoms with Crippen molar-refractivity contribution in [2.75, 3.05) is 26.0 Å². The number of benzene rings is 1. The normalized spacial score (nSPS) is 11.5. The van der Waals surface area contributed by atoms with E-state index < -0.39 is 12.1 Å². The summed E-state index contributed by atoms with van der Waals surface area (Å²) in [5.74, 6) is -0.550. The summed E-state index contributed by atoms with van der Waals surface area (Å²) >= 11 is 0. The second-order valence-electron chi connectivity index (χ2n) is 4.01. The van der Waals surface area contributed by atoms with E-state index in [1.54, 1.807) is 24.3 Å². The molecule has 0 aliphatic heterocycles. The molecule has 1 unspecified atom stereocenters. The first kappa shape index (κ1) is 15.8. The number of aliphatic hydroxyl groups excluding tert-OH is 1. The van der Waals surface area contributed by atoms with Crippen molar-refractivity contribution in [2.24, 2.45) is 0 Å². The molecule has 1 amide bonds. The molecule has 7 heteroatoms. The van der Waals surface area contributed by atoms with Gasteiger partial charge in [-0.2, -0.15) is 0 Å².